The molecule has 0 unspecified atom stereocenters. The van der Waals surface area contributed by atoms with Crippen LogP contribution in [0.5, 0.6) is 0 Å². The van der Waals surface area contributed by atoms with Gasteiger partial charge in [-0.3, -0.25) is 4.79 Å². The highest BCUT2D eigenvalue weighted by atomic mass is 16.4. The number of amides is 1. The van der Waals surface area contributed by atoms with Gasteiger partial charge in [0.05, 0.1) is 12.1 Å². The van der Waals surface area contributed by atoms with Crippen LogP contribution in [0.15, 0.2) is 0 Å². The van der Waals surface area contributed by atoms with E-state index >= 15 is 0 Å². The molecule has 0 rings (SSSR count). The first-order valence-electron chi connectivity index (χ1n) is 5.14. The van der Waals surface area contributed by atoms with Gasteiger partial charge in [-0.1, -0.05) is 7.43 Å². The summed E-state index contributed by atoms with van der Waals surface area (Å²) in [6.45, 7) is -2.86. The first-order valence-corrected chi connectivity index (χ1v) is 5.14. The molecule has 0 aromatic carbocycles. The lowest BCUT2D eigenvalue weighted by Crippen LogP contribution is -2.14. The Hall–Kier alpha value is -3.05. The Morgan fingerprint density at radius 2 is 0.767 bits per heavy atom. The lowest BCUT2D eigenvalue weighted by Gasteiger charge is -1.73. The van der Waals surface area contributed by atoms with Crippen molar-refractivity contribution in [2.24, 2.45) is 5.73 Å². The number of carbonyl (C=O) groups excluding carboxylic acids is 1. The van der Waals surface area contributed by atoms with Crippen molar-refractivity contribution in [3.63, 3.8) is 0 Å². The minimum absolute atomic E-state index is 0. The smallest absolute Gasteiger partial charge is 0.329 e. The number of nitrogens with two attached hydrogens (primary N) is 1. The van der Waals surface area contributed by atoms with E-state index in [4.69, 9.17) is 55.9 Å². The van der Waals surface area contributed by atoms with Gasteiger partial charge in [-0.25, -0.2) is 9.59 Å². The molecule has 19 nitrogen and oxygen atoms in total. The molecule has 0 saturated carbocycles. The Kier molecular flexibility index (Phi) is 261. The molecule has 0 aromatic heterocycles. The van der Waals surface area contributed by atoms with Gasteiger partial charge in [-0.15, -0.1) is 0 Å². The molecule has 30 heavy (non-hydrogen) atoms. The van der Waals surface area contributed by atoms with Crippen LogP contribution < -0.4 is 18.0 Å². The van der Waals surface area contributed by atoms with Gasteiger partial charge in [0.2, 0.25) is 5.91 Å². The van der Waals surface area contributed by atoms with Crippen molar-refractivity contribution in [3.05, 3.63) is 0 Å². The molecule has 0 saturated heterocycles. The molecule has 0 aliphatic heterocycles. The highest BCUT2D eigenvalue weighted by molar-refractivity contribution is 5.74. The Labute approximate surface area is 172 Å². The molecule has 0 spiro atoms. The number of primary amides is 1. The van der Waals surface area contributed by atoms with Crippen LogP contribution in [0.4, 0.5) is 0 Å². The molecule has 0 aliphatic carbocycles. The average molecular weight is 463 g/mol. The summed E-state index contributed by atoms with van der Waals surface area (Å²) < 4.78 is 0. The maximum atomic E-state index is 9.34. The highest BCUT2D eigenvalue weighted by Gasteiger charge is 1.83. The predicted octanol–water partition coefficient (Wildman–Crippen LogP) is -6.74. The predicted molar refractivity (Wildman–Crippen MR) is 102 cm³/mol. The van der Waals surface area contributed by atoms with Crippen LogP contribution in [0.25, 0.3) is 0 Å². The number of carboxylic acid groups (broad SMARTS) is 2. The van der Waals surface area contributed by atoms with E-state index in [1.807, 2.05) is 0 Å². The van der Waals surface area contributed by atoms with E-state index in [0.717, 1.165) is 0 Å². The molecular formula is C11H37N5O14. The summed E-state index contributed by atoms with van der Waals surface area (Å²) in [6, 6.07) is 2.97. The fourth-order valence-electron chi connectivity index (χ4n) is 0. The van der Waals surface area contributed by atoms with Crippen molar-refractivity contribution < 1.29 is 72.0 Å². The van der Waals surface area contributed by atoms with Gasteiger partial charge in [-0.05, 0) is 0 Å². The SMILES string of the molecule is C.N.N.N#CCO.N#CCO.NC(=O)CO.O.O.O.O.O=C(O)CO.O=C(O)CO. The molecule has 0 radical (unpaired) electrons. The van der Waals surface area contributed by atoms with Gasteiger partial charge in [0.15, 0.2) is 0 Å². The number of hydrogen-bond donors (Lipinski definition) is 10. The van der Waals surface area contributed by atoms with Crippen LogP contribution in [0.3, 0.4) is 0 Å². The first kappa shape index (κ1) is 81.2. The fourth-order valence-corrected chi connectivity index (χ4v) is 0. The van der Waals surface area contributed by atoms with E-state index in [2.05, 4.69) is 5.73 Å². The normalized spacial score (nSPS) is 5.03. The third kappa shape index (κ3) is 584. The molecule has 0 fully saturated rings. The summed E-state index contributed by atoms with van der Waals surface area (Å²) in [4.78, 5) is 27.6. The lowest BCUT2D eigenvalue weighted by atomic mass is 10.7. The summed E-state index contributed by atoms with van der Waals surface area (Å²) in [6.07, 6.45) is 0. The number of aliphatic hydroxyl groups is 5. The van der Waals surface area contributed by atoms with Gasteiger partial charge in [0.1, 0.15) is 33.0 Å². The van der Waals surface area contributed by atoms with E-state index in [1.54, 1.807) is 0 Å². The second-order valence-electron chi connectivity index (χ2n) is 2.36. The number of nitriles is 2. The minimum Gasteiger partial charge on any atom is -0.480 e. The molecule has 0 aromatic rings. The molecule has 0 bridgehead atoms. The van der Waals surface area contributed by atoms with Crippen molar-refractivity contribution in [1.82, 2.24) is 12.3 Å². The van der Waals surface area contributed by atoms with Crippen molar-refractivity contribution >= 4 is 17.8 Å². The van der Waals surface area contributed by atoms with Gasteiger partial charge in [-0.2, -0.15) is 10.5 Å². The van der Waals surface area contributed by atoms with E-state index in [-0.39, 0.29) is 54.8 Å². The molecule has 190 valence electrons. The van der Waals surface area contributed by atoms with E-state index < -0.39 is 37.7 Å². The molecule has 0 aliphatic rings. The largest absolute Gasteiger partial charge is 0.480 e. The quantitative estimate of drug-likeness (QED) is 0.174. The first-order chi connectivity index (χ1) is 10.6. The maximum absolute atomic E-state index is 9.34. The summed E-state index contributed by atoms with van der Waals surface area (Å²) in [5.41, 5.74) is 4.40. The Morgan fingerprint density at radius 3 is 0.767 bits per heavy atom. The number of carboxylic acids is 2. The van der Waals surface area contributed by atoms with E-state index in [9.17, 15) is 4.79 Å². The van der Waals surface area contributed by atoms with Gasteiger partial charge in [0, 0.05) is 0 Å². The third-order valence-electron chi connectivity index (χ3n) is 0.568. The van der Waals surface area contributed by atoms with Crippen molar-refractivity contribution in [3.8, 4) is 12.1 Å². The number of nitrogens with zero attached hydrogens (tertiary/aromatic N) is 2. The standard InChI is InChI=1S/C2H5NO2.2C2H3NO.2C2H4O3.CH4.2H3N.4H2O/c3-2(5)1-4;2*3-1-2-4;2*3-1-2(4)5;;;;;;;/h4H,1H2,(H2,3,5);2*4H,2H2;2*3H,1H2,(H,4,5);1H4;2*1H3;4*1H2. The second kappa shape index (κ2) is 96.3. The highest BCUT2D eigenvalue weighted by Crippen LogP contribution is 1.49. The average Bonchev–Trinajstić information content (AvgIpc) is 2.56. The van der Waals surface area contributed by atoms with Crippen LogP contribution in [-0.4, -0.2) is 109 Å². The van der Waals surface area contributed by atoms with Crippen molar-refractivity contribution in [2.45, 2.75) is 7.43 Å². The Morgan fingerprint density at radius 1 is 0.667 bits per heavy atom. The van der Waals surface area contributed by atoms with Crippen LogP contribution >= 0.6 is 0 Å². The molecule has 0 heterocycles. The minimum atomic E-state index is -1.19. The second-order valence-corrected chi connectivity index (χ2v) is 2.36. The van der Waals surface area contributed by atoms with Crippen LogP contribution in [-0.2, 0) is 14.4 Å². The molecule has 19 heteroatoms. The Bertz CT molecular complexity index is 325. The zero-order valence-electron chi connectivity index (χ0n) is 15.3. The molecule has 1 amide bonds. The van der Waals surface area contributed by atoms with Crippen LogP contribution in [0.1, 0.15) is 7.43 Å². The van der Waals surface area contributed by atoms with Crippen molar-refractivity contribution in [2.75, 3.05) is 33.0 Å². The zero-order chi connectivity index (χ0) is 19.7. The summed E-state index contributed by atoms with van der Waals surface area (Å²) in [7, 11) is 0. The van der Waals surface area contributed by atoms with Crippen LogP contribution in [0, 0.1) is 22.7 Å². The van der Waals surface area contributed by atoms with Gasteiger partial charge < -0.3 is 75.7 Å². The van der Waals surface area contributed by atoms with Crippen LogP contribution in [0.2, 0.25) is 0 Å². The maximum Gasteiger partial charge on any atom is 0.329 e. The molecule has 0 atom stereocenters. The number of carbonyl (C=O) groups is 3. The van der Waals surface area contributed by atoms with Crippen molar-refractivity contribution in [1.29, 1.82) is 10.5 Å². The van der Waals surface area contributed by atoms with E-state index in [1.165, 1.54) is 12.1 Å². The third-order valence-corrected chi connectivity index (χ3v) is 0.568. The lowest BCUT2D eigenvalue weighted by molar-refractivity contribution is -0.141. The zero-order valence-corrected chi connectivity index (χ0v) is 15.3. The number of aliphatic hydroxyl groups excluding tert-OH is 5. The topological polar surface area (TPSA) is 462 Å². The number of aliphatic carboxylic acids is 2. The van der Waals surface area contributed by atoms with Gasteiger partial charge >= 0.3 is 11.9 Å². The summed E-state index contributed by atoms with van der Waals surface area (Å²) in [5.74, 6) is -3.07. The number of rotatable bonds is 3. The monoisotopic (exact) mass is 463 g/mol. The van der Waals surface area contributed by atoms with Gasteiger partial charge in [0.25, 0.3) is 0 Å². The fraction of sp³-hybridized carbons (Fsp3) is 0.545. The van der Waals surface area contributed by atoms with E-state index in [0.29, 0.717) is 0 Å². The molecular weight excluding hydrogens is 426 g/mol. The molecule has 23 N–H and O–H groups in total. The Balaban J connectivity index is -0.0000000128. The summed E-state index contributed by atoms with van der Waals surface area (Å²) in [5, 5.41) is 67.5. The number of hydrogen-bond acceptors (Lipinski definition) is 12. The summed E-state index contributed by atoms with van der Waals surface area (Å²) >= 11 is 0.